The maximum absolute atomic E-state index is 10.8. The van der Waals surface area contributed by atoms with Gasteiger partial charge in [0, 0.05) is 12.4 Å². The van der Waals surface area contributed by atoms with Gasteiger partial charge in [-0.25, -0.2) is 5.01 Å². The summed E-state index contributed by atoms with van der Waals surface area (Å²) in [6, 6.07) is 0. The van der Waals surface area contributed by atoms with Crippen LogP contribution in [0.3, 0.4) is 0 Å². The Morgan fingerprint density at radius 2 is 2.40 bits per heavy atom. The first-order chi connectivity index (χ1) is 4.75. The van der Waals surface area contributed by atoms with Crippen molar-refractivity contribution in [3.63, 3.8) is 0 Å². The van der Waals surface area contributed by atoms with Crippen molar-refractivity contribution < 1.29 is 0 Å². The Labute approximate surface area is 64.1 Å². The van der Waals surface area contributed by atoms with Gasteiger partial charge in [-0.15, -0.1) is 4.91 Å². The highest BCUT2D eigenvalue weighted by atomic mass is 32.9. The first-order valence-electron chi connectivity index (χ1n) is 2.40. The Kier molecular flexibility index (Phi) is 2.13. The van der Waals surface area contributed by atoms with Crippen molar-refractivity contribution in [3.05, 3.63) is 19.8 Å². The molecule has 54 valence electrons. The second-order valence-electron chi connectivity index (χ2n) is 1.58. The zero-order chi connectivity index (χ0) is 7.56. The van der Waals surface area contributed by atoms with Gasteiger partial charge in [-0.05, 0) is 10.3 Å². The fourth-order valence-electron chi connectivity index (χ4n) is 0.456. The van der Waals surface area contributed by atoms with Gasteiger partial charge in [0.2, 0.25) is 0 Å². The molecule has 1 aromatic heterocycles. The van der Waals surface area contributed by atoms with Crippen LogP contribution in [0.25, 0.3) is 0 Å². The predicted molar refractivity (Wildman–Crippen MR) is 42.7 cm³/mol. The second kappa shape index (κ2) is 2.89. The summed E-state index contributed by atoms with van der Waals surface area (Å²) < 4.78 is -0.118. The largest absolute Gasteiger partial charge is 0.275 e. The molecule has 0 unspecified atom stereocenters. The molecular weight excluding hydrogens is 172 g/mol. The van der Waals surface area contributed by atoms with E-state index in [1.54, 1.807) is 5.38 Å². The molecule has 0 N–H and O–H groups in total. The molecule has 0 amide bonds. The normalized spacial score (nSPS) is 9.30. The standard InChI is InChI=1S/C4H4N2O2S2/c1-6(5-8)3-2-9-10-4(3)7/h2H,1H3. The monoisotopic (exact) mass is 176 g/mol. The van der Waals surface area contributed by atoms with Gasteiger partial charge in [-0.2, -0.15) is 0 Å². The molecule has 0 bridgehead atoms. The Bertz CT molecular complexity index is 279. The Morgan fingerprint density at radius 1 is 1.70 bits per heavy atom. The van der Waals surface area contributed by atoms with Crippen LogP contribution in [0.1, 0.15) is 0 Å². The smallest absolute Gasteiger partial charge is 0.268 e. The SMILES string of the molecule is CN(N=O)c1cssc1=O. The van der Waals surface area contributed by atoms with E-state index in [9.17, 15) is 9.70 Å². The second-order valence-corrected chi connectivity index (χ2v) is 3.62. The topological polar surface area (TPSA) is 49.7 Å². The molecule has 0 aliphatic heterocycles. The number of rotatable bonds is 2. The molecule has 1 rings (SSSR count). The van der Waals surface area contributed by atoms with Crippen molar-refractivity contribution in [1.82, 2.24) is 0 Å². The summed E-state index contributed by atoms with van der Waals surface area (Å²) in [6.07, 6.45) is 0. The van der Waals surface area contributed by atoms with Crippen molar-refractivity contribution in [2.75, 3.05) is 12.1 Å². The maximum Gasteiger partial charge on any atom is 0.268 e. The summed E-state index contributed by atoms with van der Waals surface area (Å²) in [5, 5.41) is 5.22. The molecule has 0 radical (unpaired) electrons. The third-order valence-electron chi connectivity index (χ3n) is 0.964. The Hall–Kier alpha value is -0.750. The van der Waals surface area contributed by atoms with E-state index in [0.717, 1.165) is 15.3 Å². The van der Waals surface area contributed by atoms with E-state index < -0.39 is 0 Å². The zero-order valence-electron chi connectivity index (χ0n) is 5.10. The summed E-state index contributed by atoms with van der Waals surface area (Å²) in [5.74, 6) is 0. The van der Waals surface area contributed by atoms with Crippen LogP contribution in [0.4, 0.5) is 5.69 Å². The van der Waals surface area contributed by atoms with E-state index in [-0.39, 0.29) is 4.74 Å². The average molecular weight is 176 g/mol. The number of anilines is 1. The van der Waals surface area contributed by atoms with E-state index in [4.69, 9.17) is 0 Å². The van der Waals surface area contributed by atoms with Crippen LogP contribution < -0.4 is 9.75 Å². The number of nitroso groups, excluding NO2 is 1. The van der Waals surface area contributed by atoms with E-state index in [1.807, 2.05) is 0 Å². The van der Waals surface area contributed by atoms with Gasteiger partial charge < -0.3 is 0 Å². The van der Waals surface area contributed by atoms with Gasteiger partial charge in [0.05, 0.1) is 5.29 Å². The highest BCUT2D eigenvalue weighted by Gasteiger charge is 2.05. The van der Waals surface area contributed by atoms with E-state index in [1.165, 1.54) is 17.4 Å². The third-order valence-corrected chi connectivity index (χ3v) is 2.77. The zero-order valence-corrected chi connectivity index (χ0v) is 6.74. The van der Waals surface area contributed by atoms with Gasteiger partial charge >= 0.3 is 0 Å². The fraction of sp³-hybridized carbons (Fsp3) is 0.250. The predicted octanol–water partition coefficient (Wildman–Crippen LogP) is 1.29. The quantitative estimate of drug-likeness (QED) is 0.387. The maximum atomic E-state index is 10.8. The lowest BCUT2D eigenvalue weighted by Gasteiger charge is -2.00. The van der Waals surface area contributed by atoms with E-state index >= 15 is 0 Å². The summed E-state index contributed by atoms with van der Waals surface area (Å²) >= 11 is 0. The summed E-state index contributed by atoms with van der Waals surface area (Å²) in [5.41, 5.74) is 0.352. The van der Waals surface area contributed by atoms with Crippen LogP contribution in [-0.4, -0.2) is 7.05 Å². The summed E-state index contributed by atoms with van der Waals surface area (Å²) in [7, 11) is 3.84. The van der Waals surface area contributed by atoms with Crippen molar-refractivity contribution in [2.24, 2.45) is 5.29 Å². The summed E-state index contributed by atoms with van der Waals surface area (Å²) in [6.45, 7) is 0. The first-order valence-corrected chi connectivity index (χ1v) is 4.62. The Morgan fingerprint density at radius 3 is 2.80 bits per heavy atom. The van der Waals surface area contributed by atoms with Crippen molar-refractivity contribution in [3.8, 4) is 0 Å². The van der Waals surface area contributed by atoms with Crippen LogP contribution in [0.15, 0.2) is 15.5 Å². The number of hydrogen-bond donors (Lipinski definition) is 0. The molecule has 10 heavy (non-hydrogen) atoms. The van der Waals surface area contributed by atoms with Crippen molar-refractivity contribution in [2.45, 2.75) is 0 Å². The number of nitrogens with zero attached hydrogens (tertiary/aromatic N) is 2. The van der Waals surface area contributed by atoms with Crippen LogP contribution in [0, 0.1) is 4.91 Å². The Balaban J connectivity index is 3.04. The molecule has 0 fully saturated rings. The lowest BCUT2D eigenvalue weighted by atomic mass is 10.6. The molecule has 0 saturated heterocycles. The van der Waals surface area contributed by atoms with Gasteiger partial charge in [-0.3, -0.25) is 4.79 Å². The highest BCUT2D eigenvalue weighted by molar-refractivity contribution is 7.68. The highest BCUT2D eigenvalue weighted by Crippen LogP contribution is 2.13. The minimum absolute atomic E-state index is 0.118. The molecule has 0 saturated carbocycles. The first kappa shape index (κ1) is 7.36. The fourth-order valence-corrected chi connectivity index (χ4v) is 2.23. The lowest BCUT2D eigenvalue weighted by Crippen LogP contribution is -2.12. The van der Waals surface area contributed by atoms with E-state index in [2.05, 4.69) is 5.29 Å². The molecule has 1 heterocycles. The van der Waals surface area contributed by atoms with Gasteiger partial charge in [0.1, 0.15) is 5.69 Å². The third kappa shape index (κ3) is 1.22. The lowest BCUT2D eigenvalue weighted by molar-refractivity contribution is 1.01. The summed E-state index contributed by atoms with van der Waals surface area (Å²) in [4.78, 5) is 20.7. The molecule has 4 nitrogen and oxygen atoms in total. The minimum Gasteiger partial charge on any atom is -0.275 e. The molecule has 6 heteroatoms. The van der Waals surface area contributed by atoms with Crippen LogP contribution in [0.2, 0.25) is 0 Å². The molecule has 0 aliphatic carbocycles. The molecule has 0 atom stereocenters. The van der Waals surface area contributed by atoms with E-state index in [0.29, 0.717) is 5.69 Å². The molecule has 0 aliphatic rings. The molecule has 1 aromatic rings. The van der Waals surface area contributed by atoms with Gasteiger partial charge in [0.15, 0.2) is 0 Å². The van der Waals surface area contributed by atoms with Crippen LogP contribution >= 0.6 is 20.7 Å². The van der Waals surface area contributed by atoms with Crippen molar-refractivity contribution in [1.29, 1.82) is 0 Å². The molecule has 0 spiro atoms. The average Bonchev–Trinajstić information content (AvgIpc) is 2.34. The van der Waals surface area contributed by atoms with Gasteiger partial charge in [0.25, 0.3) is 4.74 Å². The van der Waals surface area contributed by atoms with Crippen LogP contribution in [0.5, 0.6) is 0 Å². The van der Waals surface area contributed by atoms with Crippen molar-refractivity contribution >= 4 is 26.4 Å². The van der Waals surface area contributed by atoms with Gasteiger partial charge in [-0.1, -0.05) is 10.3 Å². The minimum atomic E-state index is -0.118. The molecule has 0 aromatic carbocycles. The number of hydrogen-bond acceptors (Lipinski definition) is 5. The van der Waals surface area contributed by atoms with Crippen LogP contribution in [-0.2, 0) is 0 Å². The molecular formula is C4H4N2O2S2.